The van der Waals surface area contributed by atoms with Crippen LogP contribution in [0.5, 0.6) is 0 Å². The van der Waals surface area contributed by atoms with Gasteiger partial charge in [0, 0.05) is 36.5 Å². The average molecular weight is 333 g/mol. The number of benzene rings is 1. The summed E-state index contributed by atoms with van der Waals surface area (Å²) in [5.74, 6) is 1.45. The Morgan fingerprint density at radius 3 is 2.78 bits per heavy atom. The average Bonchev–Trinajstić information content (AvgIpc) is 3.05. The van der Waals surface area contributed by atoms with E-state index < -0.39 is 0 Å². The molecule has 0 radical (unpaired) electrons. The Hall–Kier alpha value is -1.85. The predicted octanol–water partition coefficient (Wildman–Crippen LogP) is 3.64. The minimum absolute atomic E-state index is 0.288. The largest absolute Gasteiger partial charge is 0.376 e. The lowest BCUT2D eigenvalue weighted by atomic mass is 10.2. The quantitative estimate of drug-likeness (QED) is 0.845. The second-order valence-electron chi connectivity index (χ2n) is 5.71. The zero-order valence-electron chi connectivity index (χ0n) is 13.2. The molecule has 1 aliphatic heterocycles. The third-order valence-electron chi connectivity index (χ3n) is 3.75. The van der Waals surface area contributed by atoms with Gasteiger partial charge in [-0.3, -0.25) is 0 Å². The molecule has 1 aromatic heterocycles. The molecule has 1 aliphatic rings. The maximum absolute atomic E-state index is 5.90. The predicted molar refractivity (Wildman–Crippen MR) is 93.0 cm³/mol. The van der Waals surface area contributed by atoms with Crippen LogP contribution in [-0.2, 0) is 11.3 Å². The van der Waals surface area contributed by atoms with Crippen LogP contribution in [0.3, 0.4) is 0 Å². The van der Waals surface area contributed by atoms with Crippen LogP contribution in [0.1, 0.15) is 24.1 Å². The van der Waals surface area contributed by atoms with E-state index in [0.717, 1.165) is 48.1 Å². The van der Waals surface area contributed by atoms with E-state index in [2.05, 4.69) is 20.6 Å². The van der Waals surface area contributed by atoms with Crippen LogP contribution in [0.15, 0.2) is 30.3 Å². The van der Waals surface area contributed by atoms with Gasteiger partial charge in [-0.2, -0.15) is 4.98 Å². The topological polar surface area (TPSA) is 59.1 Å². The molecule has 1 atom stereocenters. The molecule has 3 rings (SSSR count). The number of aryl methyl sites for hydroxylation is 1. The van der Waals surface area contributed by atoms with Crippen molar-refractivity contribution in [2.24, 2.45) is 0 Å². The van der Waals surface area contributed by atoms with Crippen LogP contribution in [0.4, 0.5) is 11.8 Å². The van der Waals surface area contributed by atoms with Gasteiger partial charge in [0.25, 0.3) is 0 Å². The lowest BCUT2D eigenvalue weighted by molar-refractivity contribution is 0.120. The Bertz CT molecular complexity index is 642. The molecule has 2 N–H and O–H groups in total. The number of nitrogens with zero attached hydrogens (tertiary/aromatic N) is 2. The summed E-state index contributed by atoms with van der Waals surface area (Å²) in [4.78, 5) is 8.94. The molecule has 0 amide bonds. The van der Waals surface area contributed by atoms with Crippen LogP contribution >= 0.6 is 11.6 Å². The number of aromatic nitrogens is 2. The molecule has 2 aromatic rings. The summed E-state index contributed by atoms with van der Waals surface area (Å²) < 4.78 is 5.62. The molecule has 1 saturated heterocycles. The van der Waals surface area contributed by atoms with Crippen molar-refractivity contribution in [3.63, 3.8) is 0 Å². The highest BCUT2D eigenvalue weighted by molar-refractivity contribution is 6.30. The molecule has 1 fully saturated rings. The number of nitrogens with one attached hydrogen (secondary N) is 2. The smallest absolute Gasteiger partial charge is 0.225 e. The van der Waals surface area contributed by atoms with Crippen LogP contribution in [-0.4, -0.2) is 29.2 Å². The summed E-state index contributed by atoms with van der Waals surface area (Å²) in [6, 6.07) is 9.68. The van der Waals surface area contributed by atoms with Crippen LogP contribution in [0, 0.1) is 6.92 Å². The van der Waals surface area contributed by atoms with Crippen LogP contribution in [0.25, 0.3) is 0 Å². The van der Waals surface area contributed by atoms with Crippen LogP contribution in [0.2, 0.25) is 5.02 Å². The van der Waals surface area contributed by atoms with Gasteiger partial charge in [-0.15, -0.1) is 0 Å². The summed E-state index contributed by atoms with van der Waals surface area (Å²) >= 11 is 5.90. The molecule has 2 heterocycles. The summed E-state index contributed by atoms with van der Waals surface area (Å²) in [6.07, 6.45) is 2.54. The molecule has 122 valence electrons. The third kappa shape index (κ3) is 4.81. The normalized spacial score (nSPS) is 17.2. The summed E-state index contributed by atoms with van der Waals surface area (Å²) in [5.41, 5.74) is 2.06. The Balaban J connectivity index is 1.59. The van der Waals surface area contributed by atoms with E-state index in [-0.39, 0.29) is 6.10 Å². The second kappa shape index (κ2) is 7.62. The molecular weight excluding hydrogens is 312 g/mol. The highest BCUT2D eigenvalue weighted by Crippen LogP contribution is 2.15. The first-order valence-electron chi connectivity index (χ1n) is 7.88. The third-order valence-corrected chi connectivity index (χ3v) is 4.00. The molecule has 6 heteroatoms. The fourth-order valence-corrected chi connectivity index (χ4v) is 2.67. The molecule has 1 aromatic carbocycles. The molecule has 1 unspecified atom stereocenters. The second-order valence-corrected chi connectivity index (χ2v) is 6.15. The van der Waals surface area contributed by atoms with E-state index in [9.17, 15) is 0 Å². The van der Waals surface area contributed by atoms with Gasteiger partial charge in [-0.25, -0.2) is 4.98 Å². The number of halogens is 1. The van der Waals surface area contributed by atoms with Crippen molar-refractivity contribution in [2.45, 2.75) is 32.4 Å². The fraction of sp³-hybridized carbons (Fsp3) is 0.412. The van der Waals surface area contributed by atoms with Crippen molar-refractivity contribution in [1.82, 2.24) is 9.97 Å². The molecule has 0 saturated carbocycles. The maximum Gasteiger partial charge on any atom is 0.225 e. The van der Waals surface area contributed by atoms with Gasteiger partial charge in [0.1, 0.15) is 5.82 Å². The first-order valence-corrected chi connectivity index (χ1v) is 8.26. The Morgan fingerprint density at radius 1 is 1.22 bits per heavy atom. The zero-order valence-corrected chi connectivity index (χ0v) is 13.9. The number of hydrogen-bond donors (Lipinski definition) is 2. The first-order chi connectivity index (χ1) is 11.2. The van der Waals surface area contributed by atoms with Crippen molar-refractivity contribution in [2.75, 3.05) is 23.8 Å². The fourth-order valence-electron chi connectivity index (χ4n) is 2.55. The van der Waals surface area contributed by atoms with Crippen LogP contribution < -0.4 is 10.6 Å². The van der Waals surface area contributed by atoms with E-state index in [1.807, 2.05) is 37.3 Å². The molecule has 0 spiro atoms. The Morgan fingerprint density at radius 2 is 2.04 bits per heavy atom. The summed E-state index contributed by atoms with van der Waals surface area (Å²) in [6.45, 7) is 4.27. The lowest BCUT2D eigenvalue weighted by Gasteiger charge is -2.13. The monoisotopic (exact) mass is 332 g/mol. The van der Waals surface area contributed by atoms with Crippen molar-refractivity contribution in [1.29, 1.82) is 0 Å². The molecule has 0 bridgehead atoms. The summed E-state index contributed by atoms with van der Waals surface area (Å²) in [7, 11) is 0. The van der Waals surface area contributed by atoms with E-state index >= 15 is 0 Å². The van der Waals surface area contributed by atoms with Crippen molar-refractivity contribution in [3.05, 3.63) is 46.6 Å². The van der Waals surface area contributed by atoms with Gasteiger partial charge < -0.3 is 15.4 Å². The first kappa shape index (κ1) is 16.0. The van der Waals surface area contributed by atoms with E-state index in [1.165, 1.54) is 0 Å². The Kier molecular flexibility index (Phi) is 5.31. The van der Waals surface area contributed by atoms with Gasteiger partial charge in [0.15, 0.2) is 0 Å². The highest BCUT2D eigenvalue weighted by atomic mass is 35.5. The number of anilines is 2. The SMILES string of the molecule is Cc1cc(NCC2CCCO2)nc(NCc2ccc(Cl)cc2)n1. The van der Waals surface area contributed by atoms with Crippen molar-refractivity contribution < 1.29 is 4.74 Å². The molecular formula is C17H21ClN4O. The van der Waals surface area contributed by atoms with Gasteiger partial charge >= 0.3 is 0 Å². The minimum atomic E-state index is 0.288. The van der Waals surface area contributed by atoms with Gasteiger partial charge in [-0.05, 0) is 37.5 Å². The summed E-state index contributed by atoms with van der Waals surface area (Å²) in [5, 5.41) is 7.33. The van der Waals surface area contributed by atoms with E-state index in [1.54, 1.807) is 0 Å². The van der Waals surface area contributed by atoms with E-state index in [4.69, 9.17) is 16.3 Å². The number of rotatable bonds is 6. The Labute approximate surface area is 141 Å². The van der Waals surface area contributed by atoms with Crippen molar-refractivity contribution >= 4 is 23.4 Å². The standard InChI is InChI=1S/C17H21ClN4O/c1-12-9-16(19-11-15-3-2-8-23-15)22-17(21-12)20-10-13-4-6-14(18)7-5-13/h4-7,9,15H,2-3,8,10-11H2,1H3,(H2,19,20,21,22). The number of ether oxygens (including phenoxy) is 1. The van der Waals surface area contributed by atoms with Gasteiger partial charge in [0.05, 0.1) is 6.10 Å². The van der Waals surface area contributed by atoms with Crippen molar-refractivity contribution in [3.8, 4) is 0 Å². The minimum Gasteiger partial charge on any atom is -0.376 e. The highest BCUT2D eigenvalue weighted by Gasteiger charge is 2.15. The molecule has 5 nitrogen and oxygen atoms in total. The van der Waals surface area contributed by atoms with E-state index in [0.29, 0.717) is 12.5 Å². The van der Waals surface area contributed by atoms with Gasteiger partial charge in [0.2, 0.25) is 5.95 Å². The lowest BCUT2D eigenvalue weighted by Crippen LogP contribution is -2.19. The maximum atomic E-state index is 5.90. The molecule has 0 aliphatic carbocycles. The molecule has 23 heavy (non-hydrogen) atoms. The zero-order chi connectivity index (χ0) is 16.1. The van der Waals surface area contributed by atoms with Gasteiger partial charge in [-0.1, -0.05) is 23.7 Å². The number of hydrogen-bond acceptors (Lipinski definition) is 5.